The van der Waals surface area contributed by atoms with Gasteiger partial charge in [-0.05, 0) is 33.6 Å². The van der Waals surface area contributed by atoms with Crippen molar-refractivity contribution in [2.75, 3.05) is 18.0 Å². The Morgan fingerprint density at radius 1 is 1.38 bits per heavy atom. The third-order valence-corrected chi connectivity index (χ3v) is 3.67. The van der Waals surface area contributed by atoms with E-state index in [1.807, 2.05) is 0 Å². The lowest BCUT2D eigenvalue weighted by Crippen LogP contribution is -2.35. The molecule has 0 bridgehead atoms. The minimum Gasteiger partial charge on any atom is -0.348 e. The summed E-state index contributed by atoms with van der Waals surface area (Å²) in [7, 11) is 0. The number of anilines is 1. The van der Waals surface area contributed by atoms with E-state index in [2.05, 4.69) is 41.4 Å². The highest BCUT2D eigenvalue weighted by Gasteiger charge is 2.16. The second-order valence-corrected chi connectivity index (χ2v) is 6.26. The van der Waals surface area contributed by atoms with Crippen LogP contribution < -0.4 is 10.2 Å². The first-order valence-electron chi connectivity index (χ1n) is 5.99. The van der Waals surface area contributed by atoms with Gasteiger partial charge in [0.15, 0.2) is 5.13 Å². The average molecular weight is 239 g/mol. The molecule has 1 aliphatic heterocycles. The maximum absolute atomic E-state index is 4.68. The van der Waals surface area contributed by atoms with Crippen LogP contribution in [0.3, 0.4) is 0 Å². The molecular weight excluding hydrogens is 218 g/mol. The molecule has 3 nitrogen and oxygen atoms in total. The molecule has 1 aromatic rings. The van der Waals surface area contributed by atoms with Crippen molar-refractivity contribution < 1.29 is 0 Å². The van der Waals surface area contributed by atoms with Crippen molar-refractivity contribution in [3.8, 4) is 0 Å². The van der Waals surface area contributed by atoms with Crippen molar-refractivity contribution in [1.29, 1.82) is 0 Å². The molecule has 0 amide bonds. The molecule has 0 unspecified atom stereocenters. The molecular formula is C12H21N3S. The number of hydrogen-bond donors (Lipinski definition) is 1. The topological polar surface area (TPSA) is 28.2 Å². The molecule has 1 aromatic heterocycles. The number of rotatable bonds is 3. The smallest absolute Gasteiger partial charge is 0.185 e. The minimum absolute atomic E-state index is 0.164. The van der Waals surface area contributed by atoms with Crippen molar-refractivity contribution in [1.82, 2.24) is 10.3 Å². The zero-order valence-electron chi connectivity index (χ0n) is 10.4. The zero-order valence-corrected chi connectivity index (χ0v) is 11.2. The molecule has 90 valence electrons. The van der Waals surface area contributed by atoms with Gasteiger partial charge < -0.3 is 10.2 Å². The largest absolute Gasteiger partial charge is 0.348 e. The molecule has 0 aliphatic carbocycles. The third kappa shape index (κ3) is 3.19. The predicted molar refractivity (Wildman–Crippen MR) is 70.2 cm³/mol. The summed E-state index contributed by atoms with van der Waals surface area (Å²) >= 11 is 1.77. The summed E-state index contributed by atoms with van der Waals surface area (Å²) in [4.78, 5) is 7.07. The van der Waals surface area contributed by atoms with Crippen molar-refractivity contribution in [3.63, 3.8) is 0 Å². The lowest BCUT2D eigenvalue weighted by Gasteiger charge is -2.19. The number of nitrogens with zero attached hydrogens (tertiary/aromatic N) is 2. The molecule has 4 heteroatoms. The van der Waals surface area contributed by atoms with E-state index in [0.717, 1.165) is 6.54 Å². The summed E-state index contributed by atoms with van der Waals surface area (Å²) in [5.74, 6) is 0. The van der Waals surface area contributed by atoms with Gasteiger partial charge in [-0.25, -0.2) is 4.98 Å². The highest BCUT2D eigenvalue weighted by molar-refractivity contribution is 7.13. The summed E-state index contributed by atoms with van der Waals surface area (Å²) in [6.07, 6.45) is 2.63. The minimum atomic E-state index is 0.164. The van der Waals surface area contributed by atoms with Crippen molar-refractivity contribution in [2.24, 2.45) is 0 Å². The lowest BCUT2D eigenvalue weighted by atomic mass is 10.1. The molecule has 0 aromatic carbocycles. The van der Waals surface area contributed by atoms with Crippen molar-refractivity contribution in [2.45, 2.75) is 45.7 Å². The van der Waals surface area contributed by atoms with Crippen LogP contribution in [0.4, 0.5) is 5.13 Å². The van der Waals surface area contributed by atoms with E-state index >= 15 is 0 Å². The summed E-state index contributed by atoms with van der Waals surface area (Å²) in [6.45, 7) is 9.77. The molecule has 0 atom stereocenters. The Morgan fingerprint density at radius 3 is 2.69 bits per heavy atom. The fraction of sp³-hybridized carbons (Fsp3) is 0.750. The summed E-state index contributed by atoms with van der Waals surface area (Å²) in [5.41, 5.74) is 1.33. The number of hydrogen-bond acceptors (Lipinski definition) is 4. The molecule has 16 heavy (non-hydrogen) atoms. The van der Waals surface area contributed by atoms with Crippen molar-refractivity contribution >= 4 is 16.5 Å². The second-order valence-electron chi connectivity index (χ2n) is 5.42. The first-order valence-corrected chi connectivity index (χ1v) is 6.87. The van der Waals surface area contributed by atoms with Gasteiger partial charge in [0.05, 0.1) is 5.69 Å². The van der Waals surface area contributed by atoms with E-state index in [-0.39, 0.29) is 5.54 Å². The van der Waals surface area contributed by atoms with Crippen LogP contribution >= 0.6 is 11.3 Å². The average Bonchev–Trinajstić information content (AvgIpc) is 2.84. The van der Waals surface area contributed by atoms with Crippen molar-refractivity contribution in [3.05, 3.63) is 11.1 Å². The normalized spacial score (nSPS) is 17.1. The maximum Gasteiger partial charge on any atom is 0.185 e. The van der Waals surface area contributed by atoms with E-state index < -0.39 is 0 Å². The number of aromatic nitrogens is 1. The Bertz CT molecular complexity index is 334. The van der Waals surface area contributed by atoms with Gasteiger partial charge in [-0.1, -0.05) is 0 Å². The molecule has 0 spiro atoms. The third-order valence-electron chi connectivity index (χ3n) is 2.72. The Labute approximate surface area is 102 Å². The van der Waals surface area contributed by atoms with E-state index in [1.54, 1.807) is 11.3 Å². The van der Waals surface area contributed by atoms with Crippen LogP contribution in [-0.4, -0.2) is 23.6 Å². The summed E-state index contributed by atoms with van der Waals surface area (Å²) in [5, 5.41) is 6.84. The second kappa shape index (κ2) is 4.72. The van der Waals surface area contributed by atoms with Gasteiger partial charge in [-0.15, -0.1) is 11.3 Å². The van der Waals surface area contributed by atoms with Crippen LogP contribution in [0.25, 0.3) is 0 Å². The highest BCUT2D eigenvalue weighted by atomic mass is 32.1. The Morgan fingerprint density at radius 2 is 2.06 bits per heavy atom. The molecule has 2 rings (SSSR count). The molecule has 0 saturated carbocycles. The standard InChI is InChI=1S/C12H21N3S/c1-12(2,3)13-8-10-9-16-11(14-10)15-6-4-5-7-15/h9,13H,4-8H2,1-3H3. The lowest BCUT2D eigenvalue weighted by molar-refractivity contribution is 0.422. The van der Waals surface area contributed by atoms with Gasteiger partial charge in [-0.3, -0.25) is 0 Å². The van der Waals surface area contributed by atoms with Gasteiger partial charge in [0.1, 0.15) is 0 Å². The number of nitrogens with one attached hydrogen (secondary N) is 1. The van der Waals surface area contributed by atoms with Crippen LogP contribution in [0.1, 0.15) is 39.3 Å². The quantitative estimate of drug-likeness (QED) is 0.879. The van der Waals surface area contributed by atoms with E-state index in [0.29, 0.717) is 0 Å². The molecule has 2 heterocycles. The van der Waals surface area contributed by atoms with Crippen LogP contribution in [0, 0.1) is 0 Å². The monoisotopic (exact) mass is 239 g/mol. The van der Waals surface area contributed by atoms with Gasteiger partial charge >= 0.3 is 0 Å². The first-order chi connectivity index (χ1) is 7.54. The predicted octanol–water partition coefficient (Wildman–Crippen LogP) is 2.63. The maximum atomic E-state index is 4.68. The van der Waals surface area contributed by atoms with E-state index in [4.69, 9.17) is 0 Å². The van der Waals surface area contributed by atoms with Gasteiger partial charge in [0.2, 0.25) is 0 Å². The van der Waals surface area contributed by atoms with E-state index in [9.17, 15) is 0 Å². The highest BCUT2D eigenvalue weighted by Crippen LogP contribution is 2.24. The van der Waals surface area contributed by atoms with E-state index in [1.165, 1.54) is 36.8 Å². The zero-order chi connectivity index (χ0) is 11.6. The fourth-order valence-electron chi connectivity index (χ4n) is 1.79. The fourth-order valence-corrected chi connectivity index (χ4v) is 2.67. The SMILES string of the molecule is CC(C)(C)NCc1csc(N2CCCC2)n1. The van der Waals surface area contributed by atoms with Crippen LogP contribution in [-0.2, 0) is 6.54 Å². The molecule has 1 N–H and O–H groups in total. The molecule has 0 radical (unpaired) electrons. The molecule has 1 fully saturated rings. The van der Waals surface area contributed by atoms with Gasteiger partial charge in [0.25, 0.3) is 0 Å². The summed E-state index contributed by atoms with van der Waals surface area (Å²) < 4.78 is 0. The van der Waals surface area contributed by atoms with Crippen LogP contribution in [0.2, 0.25) is 0 Å². The molecule has 1 saturated heterocycles. The van der Waals surface area contributed by atoms with Crippen LogP contribution in [0.15, 0.2) is 5.38 Å². The molecule has 1 aliphatic rings. The van der Waals surface area contributed by atoms with Crippen LogP contribution in [0.5, 0.6) is 0 Å². The first kappa shape index (κ1) is 11.9. The number of thiazole rings is 1. The Balaban J connectivity index is 1.91. The Kier molecular flexibility index (Phi) is 3.50. The van der Waals surface area contributed by atoms with Gasteiger partial charge in [-0.2, -0.15) is 0 Å². The summed E-state index contributed by atoms with van der Waals surface area (Å²) in [6, 6.07) is 0. The van der Waals surface area contributed by atoms with Gasteiger partial charge in [0, 0.05) is 30.6 Å². The Hall–Kier alpha value is -0.610.